The largest absolute Gasteiger partial charge is 0.389 e. The summed E-state index contributed by atoms with van der Waals surface area (Å²) < 4.78 is 1.97. The lowest BCUT2D eigenvalue weighted by molar-refractivity contribution is 0.0572. The summed E-state index contributed by atoms with van der Waals surface area (Å²) in [7, 11) is 0. The molecular formula is C25H29N5O2. The third-order valence-electron chi connectivity index (χ3n) is 6.50. The number of pyridine rings is 2. The minimum absolute atomic E-state index is 0.0223. The minimum Gasteiger partial charge on any atom is -0.389 e. The van der Waals surface area contributed by atoms with Gasteiger partial charge in [0.2, 0.25) is 0 Å². The molecule has 7 nitrogen and oxygen atoms in total. The summed E-state index contributed by atoms with van der Waals surface area (Å²) in [6, 6.07) is 14.4. The first-order valence-corrected chi connectivity index (χ1v) is 11.1. The number of fused-ring (bicyclic) bond motifs is 2. The molecule has 0 bridgehead atoms. The topological polar surface area (TPSA) is 86.8 Å². The van der Waals surface area contributed by atoms with Crippen molar-refractivity contribution in [3.05, 3.63) is 59.8 Å². The fraction of sp³-hybridized carbons (Fsp3) is 0.400. The normalized spacial score (nSPS) is 20.9. The molecule has 3 aromatic heterocycles. The van der Waals surface area contributed by atoms with Crippen molar-refractivity contribution in [1.82, 2.24) is 24.5 Å². The van der Waals surface area contributed by atoms with E-state index in [1.54, 1.807) is 0 Å². The van der Waals surface area contributed by atoms with Crippen molar-refractivity contribution in [3.8, 4) is 11.5 Å². The average Bonchev–Trinajstić information content (AvgIpc) is 3.34. The van der Waals surface area contributed by atoms with E-state index in [0.717, 1.165) is 27.8 Å². The van der Waals surface area contributed by atoms with Crippen molar-refractivity contribution in [2.75, 3.05) is 13.1 Å². The Morgan fingerprint density at radius 3 is 2.44 bits per heavy atom. The molecule has 0 spiro atoms. The highest BCUT2D eigenvalue weighted by Crippen LogP contribution is 2.31. The van der Waals surface area contributed by atoms with Crippen molar-refractivity contribution < 1.29 is 10.2 Å². The smallest absolute Gasteiger partial charge is 0.187 e. The zero-order valence-corrected chi connectivity index (χ0v) is 18.9. The molecule has 1 aliphatic heterocycles. The summed E-state index contributed by atoms with van der Waals surface area (Å²) in [5.41, 5.74) is 4.76. The number of rotatable bonds is 3. The number of aliphatic hydroxyl groups excluding tert-OH is 2. The Bertz CT molecular complexity index is 1280. The second-order valence-electron chi connectivity index (χ2n) is 9.80. The third kappa shape index (κ3) is 3.56. The molecular weight excluding hydrogens is 402 g/mol. The van der Waals surface area contributed by atoms with Gasteiger partial charge >= 0.3 is 0 Å². The van der Waals surface area contributed by atoms with Gasteiger partial charge in [-0.15, -0.1) is 10.2 Å². The highest BCUT2D eigenvalue weighted by atomic mass is 16.3. The molecule has 3 atom stereocenters. The van der Waals surface area contributed by atoms with Crippen LogP contribution in [0.2, 0.25) is 0 Å². The zero-order valence-electron chi connectivity index (χ0n) is 18.9. The van der Waals surface area contributed by atoms with Crippen molar-refractivity contribution in [2.24, 2.45) is 0 Å². The molecule has 32 heavy (non-hydrogen) atoms. The first-order valence-electron chi connectivity index (χ1n) is 11.1. The standard InChI is InChI=1S/C25H29N5O2/c1-15(29-13-20(31)21(32)14-29)17-9-11-22-27-28-24(30(22)12-17)19-10-8-16-6-5-7-18(23(16)26-19)25(2,3)4/h5-12,15,20-21,31-32H,13-14H2,1-4H3/t15-,20+,21+/m0/s1. The Morgan fingerprint density at radius 1 is 0.969 bits per heavy atom. The van der Waals surface area contributed by atoms with Gasteiger partial charge in [-0.3, -0.25) is 9.30 Å². The lowest BCUT2D eigenvalue weighted by Gasteiger charge is -2.24. The summed E-state index contributed by atoms with van der Waals surface area (Å²) in [5, 5.41) is 29.8. The first-order chi connectivity index (χ1) is 15.2. The fourth-order valence-corrected chi connectivity index (χ4v) is 4.53. The van der Waals surface area contributed by atoms with Crippen molar-refractivity contribution in [1.29, 1.82) is 0 Å². The van der Waals surface area contributed by atoms with Crippen LogP contribution in [0.15, 0.2) is 48.7 Å². The molecule has 1 aliphatic rings. The van der Waals surface area contributed by atoms with E-state index in [-0.39, 0.29) is 11.5 Å². The van der Waals surface area contributed by atoms with Crippen LogP contribution in [-0.4, -0.2) is 60.0 Å². The van der Waals surface area contributed by atoms with E-state index in [4.69, 9.17) is 4.98 Å². The number of hydrogen-bond acceptors (Lipinski definition) is 6. The Labute approximate surface area is 187 Å². The summed E-state index contributed by atoms with van der Waals surface area (Å²) in [4.78, 5) is 7.09. The lowest BCUT2D eigenvalue weighted by Crippen LogP contribution is -2.25. The molecule has 0 radical (unpaired) electrons. The monoisotopic (exact) mass is 431 g/mol. The third-order valence-corrected chi connectivity index (χ3v) is 6.50. The number of hydrogen-bond donors (Lipinski definition) is 2. The van der Waals surface area contributed by atoms with Crippen molar-refractivity contribution in [2.45, 2.75) is 51.4 Å². The molecule has 4 heterocycles. The maximum Gasteiger partial charge on any atom is 0.187 e. The number of nitrogens with zero attached hydrogens (tertiary/aromatic N) is 5. The molecule has 1 fully saturated rings. The quantitative estimate of drug-likeness (QED) is 0.517. The van der Waals surface area contributed by atoms with Crippen LogP contribution in [0.3, 0.4) is 0 Å². The van der Waals surface area contributed by atoms with Gasteiger partial charge in [0.25, 0.3) is 0 Å². The Morgan fingerprint density at radius 2 is 1.72 bits per heavy atom. The molecule has 5 rings (SSSR count). The maximum absolute atomic E-state index is 9.94. The molecule has 1 saturated heterocycles. The van der Waals surface area contributed by atoms with Crippen LogP contribution in [0.25, 0.3) is 28.1 Å². The van der Waals surface area contributed by atoms with Crippen LogP contribution >= 0.6 is 0 Å². The predicted octanol–water partition coefficient (Wildman–Crippen LogP) is 3.34. The van der Waals surface area contributed by atoms with Crippen LogP contribution in [0, 0.1) is 0 Å². The molecule has 0 aliphatic carbocycles. The molecule has 7 heteroatoms. The van der Waals surface area contributed by atoms with Gasteiger partial charge in [0.05, 0.1) is 17.7 Å². The maximum atomic E-state index is 9.94. The number of aromatic nitrogens is 4. The summed E-state index contributed by atoms with van der Waals surface area (Å²) in [6.45, 7) is 9.59. The lowest BCUT2D eigenvalue weighted by atomic mass is 9.85. The van der Waals surface area contributed by atoms with Gasteiger partial charge < -0.3 is 10.2 Å². The van der Waals surface area contributed by atoms with Gasteiger partial charge in [0.15, 0.2) is 11.5 Å². The van der Waals surface area contributed by atoms with Crippen LogP contribution < -0.4 is 0 Å². The molecule has 0 saturated carbocycles. The average molecular weight is 432 g/mol. The van der Waals surface area contributed by atoms with Crippen molar-refractivity contribution >= 4 is 16.6 Å². The van der Waals surface area contributed by atoms with E-state index in [0.29, 0.717) is 18.9 Å². The number of likely N-dealkylation sites (tertiary alicyclic amines) is 1. The van der Waals surface area contributed by atoms with E-state index in [2.05, 4.69) is 67.1 Å². The Hall–Kier alpha value is -2.87. The van der Waals surface area contributed by atoms with Gasteiger partial charge in [-0.05, 0) is 35.6 Å². The van der Waals surface area contributed by atoms with E-state index < -0.39 is 12.2 Å². The van der Waals surface area contributed by atoms with E-state index in [9.17, 15) is 10.2 Å². The second-order valence-corrected chi connectivity index (χ2v) is 9.80. The van der Waals surface area contributed by atoms with Gasteiger partial charge in [-0.25, -0.2) is 4.98 Å². The van der Waals surface area contributed by atoms with Gasteiger partial charge in [0, 0.05) is 30.7 Å². The summed E-state index contributed by atoms with van der Waals surface area (Å²) >= 11 is 0. The molecule has 4 aromatic rings. The molecule has 166 valence electrons. The number of β-amino-alcohol motifs (C(OH)–C–C–N with tert-alkyl or cyclic N) is 2. The predicted molar refractivity (Wildman–Crippen MR) is 124 cm³/mol. The Kier molecular flexibility index (Phi) is 5.00. The Balaban J connectivity index is 1.58. The zero-order chi connectivity index (χ0) is 22.6. The number of para-hydroxylation sites is 1. The summed E-state index contributed by atoms with van der Waals surface area (Å²) in [6.07, 6.45) is 0.629. The minimum atomic E-state index is -0.703. The number of aliphatic hydroxyl groups is 2. The van der Waals surface area contributed by atoms with Crippen LogP contribution in [0.1, 0.15) is 44.9 Å². The van der Waals surface area contributed by atoms with Gasteiger partial charge in [0.1, 0.15) is 5.69 Å². The molecule has 0 unspecified atom stereocenters. The van der Waals surface area contributed by atoms with Crippen molar-refractivity contribution in [3.63, 3.8) is 0 Å². The van der Waals surface area contributed by atoms with Gasteiger partial charge in [-0.2, -0.15) is 0 Å². The van der Waals surface area contributed by atoms with Crippen LogP contribution in [0.5, 0.6) is 0 Å². The first kappa shape index (κ1) is 21.0. The molecule has 0 amide bonds. The highest BCUT2D eigenvalue weighted by molar-refractivity contribution is 5.84. The second kappa shape index (κ2) is 7.62. The molecule has 2 N–H and O–H groups in total. The van der Waals surface area contributed by atoms with E-state index >= 15 is 0 Å². The van der Waals surface area contributed by atoms with Gasteiger partial charge in [-0.1, -0.05) is 51.1 Å². The summed E-state index contributed by atoms with van der Waals surface area (Å²) in [5.74, 6) is 0.696. The fourth-order valence-electron chi connectivity index (χ4n) is 4.53. The van der Waals surface area contributed by atoms with E-state index in [1.807, 2.05) is 28.8 Å². The SMILES string of the molecule is C[C@@H](c1ccc2nnc(-c3ccc4cccc(C(C)(C)C)c4n3)n2c1)N1C[C@@H](O)[C@H](O)C1. The van der Waals surface area contributed by atoms with Crippen LogP contribution in [0.4, 0.5) is 0 Å². The van der Waals surface area contributed by atoms with Crippen LogP contribution in [-0.2, 0) is 5.41 Å². The molecule has 1 aromatic carbocycles. The number of benzene rings is 1. The van der Waals surface area contributed by atoms with E-state index in [1.165, 1.54) is 5.56 Å². The highest BCUT2D eigenvalue weighted by Gasteiger charge is 2.33.